The molecule has 0 fully saturated rings. The molecule has 2 radical (unpaired) electrons. The number of nitrogens with one attached hydrogen (secondary N) is 1. The molecule has 0 aromatic rings. The molecular formula is C6H13ClN2OSi. The Kier molecular flexibility index (Phi) is 3.89. The molecular weight excluding hydrogens is 180 g/mol. The Balaban J connectivity index is 3.64. The van der Waals surface area contributed by atoms with Gasteiger partial charge in [0.15, 0.2) is 0 Å². The highest BCUT2D eigenvalue weighted by Gasteiger charge is 2.17. The summed E-state index contributed by atoms with van der Waals surface area (Å²) in [5, 5.41) is 0. The molecule has 0 atom stereocenters. The lowest BCUT2D eigenvalue weighted by Gasteiger charge is -2.16. The molecule has 0 aliphatic rings. The van der Waals surface area contributed by atoms with Crippen LogP contribution in [0.4, 0.5) is 4.79 Å². The van der Waals surface area contributed by atoms with Crippen LogP contribution in [0.15, 0.2) is 0 Å². The van der Waals surface area contributed by atoms with Gasteiger partial charge in [0.25, 0.3) is 0 Å². The lowest BCUT2D eigenvalue weighted by molar-refractivity contribution is 0.223. The van der Waals surface area contributed by atoms with Crippen LogP contribution in [0.5, 0.6) is 0 Å². The van der Waals surface area contributed by atoms with E-state index in [0.29, 0.717) is 0 Å². The van der Waals surface area contributed by atoms with Crippen molar-refractivity contribution in [2.24, 2.45) is 0 Å². The molecule has 0 unspecified atom stereocenters. The third-order valence-corrected chi connectivity index (χ3v) is 2.09. The van der Waals surface area contributed by atoms with Gasteiger partial charge in [0.05, 0.1) is 4.50 Å². The molecule has 0 spiro atoms. The lowest BCUT2D eigenvalue weighted by atomic mass is 10.5. The van der Waals surface area contributed by atoms with Gasteiger partial charge in [-0.3, -0.25) is 0 Å². The fraction of sp³-hybridized carbons (Fsp3) is 0.833. The topological polar surface area (TPSA) is 32.3 Å². The Morgan fingerprint density at radius 3 is 2.27 bits per heavy atom. The quantitative estimate of drug-likeness (QED) is 0.511. The molecule has 5 heteroatoms. The second kappa shape index (κ2) is 3.97. The number of rotatable bonds is 2. The van der Waals surface area contributed by atoms with Gasteiger partial charge in [0.2, 0.25) is 9.68 Å². The van der Waals surface area contributed by atoms with Gasteiger partial charge in [0.1, 0.15) is 0 Å². The van der Waals surface area contributed by atoms with Gasteiger partial charge in [-0.25, -0.2) is 4.79 Å². The lowest BCUT2D eigenvalue weighted by Crippen LogP contribution is -2.43. The second-order valence-electron chi connectivity index (χ2n) is 2.92. The number of hydrogen-bond acceptors (Lipinski definition) is 1. The van der Waals surface area contributed by atoms with Crippen LogP contribution in [0.3, 0.4) is 0 Å². The van der Waals surface area contributed by atoms with Crippen LogP contribution >= 0.6 is 11.6 Å². The third-order valence-electron chi connectivity index (χ3n) is 0.873. The van der Waals surface area contributed by atoms with E-state index in [1.807, 2.05) is 13.8 Å². The number of amides is 2. The maximum absolute atomic E-state index is 11.0. The summed E-state index contributed by atoms with van der Waals surface area (Å²) >= 11 is 5.86. The Labute approximate surface area is 75.0 Å². The van der Waals surface area contributed by atoms with Crippen molar-refractivity contribution in [3.05, 3.63) is 0 Å². The van der Waals surface area contributed by atoms with E-state index in [2.05, 4.69) is 4.98 Å². The maximum Gasteiger partial charge on any atom is 0.308 e. The van der Waals surface area contributed by atoms with Gasteiger partial charge in [0, 0.05) is 14.1 Å². The number of hydrogen-bond donors (Lipinski definition) is 1. The van der Waals surface area contributed by atoms with Crippen molar-refractivity contribution in [2.45, 2.75) is 18.3 Å². The van der Waals surface area contributed by atoms with Crippen LogP contribution in [0.2, 0.25) is 0 Å². The maximum atomic E-state index is 11.0. The zero-order chi connectivity index (χ0) is 9.07. The summed E-state index contributed by atoms with van der Waals surface area (Å²) in [5.74, 6) is 0. The molecule has 11 heavy (non-hydrogen) atoms. The summed E-state index contributed by atoms with van der Waals surface area (Å²) in [7, 11) is 3.63. The molecule has 0 aliphatic heterocycles. The molecule has 64 valence electrons. The average molecular weight is 193 g/mol. The first kappa shape index (κ1) is 10.8. The minimum absolute atomic E-state index is 0.0999. The molecule has 0 saturated carbocycles. The van der Waals surface area contributed by atoms with Crippen molar-refractivity contribution in [1.29, 1.82) is 0 Å². The molecule has 0 saturated heterocycles. The Morgan fingerprint density at radius 1 is 1.55 bits per heavy atom. The number of urea groups is 1. The van der Waals surface area contributed by atoms with Crippen LogP contribution < -0.4 is 4.98 Å². The van der Waals surface area contributed by atoms with E-state index in [9.17, 15) is 4.79 Å². The molecule has 0 aliphatic carbocycles. The molecule has 0 bridgehead atoms. The molecule has 0 rings (SSSR count). The van der Waals surface area contributed by atoms with Crippen molar-refractivity contribution < 1.29 is 4.79 Å². The monoisotopic (exact) mass is 192 g/mol. The van der Waals surface area contributed by atoms with Gasteiger partial charge in [-0.05, 0) is 13.8 Å². The van der Waals surface area contributed by atoms with E-state index in [1.54, 1.807) is 14.1 Å². The molecule has 3 nitrogen and oxygen atoms in total. The average Bonchev–Trinajstić information content (AvgIpc) is 1.80. The van der Waals surface area contributed by atoms with Crippen molar-refractivity contribution in [3.63, 3.8) is 0 Å². The summed E-state index contributed by atoms with van der Waals surface area (Å²) in [6.45, 7) is 3.73. The summed E-state index contributed by atoms with van der Waals surface area (Å²) < 4.78 is -0.342. The Morgan fingerprint density at radius 2 is 2.00 bits per heavy atom. The van der Waals surface area contributed by atoms with Gasteiger partial charge < -0.3 is 9.88 Å². The number of halogens is 1. The summed E-state index contributed by atoms with van der Waals surface area (Å²) in [4.78, 5) is 15.1. The van der Waals surface area contributed by atoms with Crippen molar-refractivity contribution in [2.75, 3.05) is 14.1 Å². The SMILES string of the molecule is CN(C)C(=O)N[Si]C(C)(C)Cl. The van der Waals surface area contributed by atoms with E-state index < -0.39 is 0 Å². The largest absolute Gasteiger partial charge is 0.363 e. The van der Waals surface area contributed by atoms with E-state index in [4.69, 9.17) is 11.6 Å². The predicted octanol–water partition coefficient (Wildman–Crippen LogP) is 0.852. The first-order valence-electron chi connectivity index (χ1n) is 3.26. The minimum Gasteiger partial charge on any atom is -0.363 e. The van der Waals surface area contributed by atoms with Gasteiger partial charge in [-0.2, -0.15) is 0 Å². The van der Waals surface area contributed by atoms with Crippen LogP contribution in [0.1, 0.15) is 13.8 Å². The summed E-state index contributed by atoms with van der Waals surface area (Å²) in [6, 6.07) is -0.0999. The third kappa shape index (κ3) is 6.19. The molecule has 0 aromatic heterocycles. The molecule has 0 aromatic carbocycles. The van der Waals surface area contributed by atoms with Crippen molar-refractivity contribution in [3.8, 4) is 0 Å². The summed E-state index contributed by atoms with van der Waals surface area (Å²) in [5.41, 5.74) is 0. The van der Waals surface area contributed by atoms with E-state index >= 15 is 0 Å². The van der Waals surface area contributed by atoms with E-state index in [-0.39, 0.29) is 20.2 Å². The molecule has 0 heterocycles. The van der Waals surface area contributed by atoms with Gasteiger partial charge in [-0.1, -0.05) is 0 Å². The fourth-order valence-corrected chi connectivity index (χ4v) is 1.08. The van der Waals surface area contributed by atoms with Crippen molar-refractivity contribution in [1.82, 2.24) is 9.88 Å². The predicted molar refractivity (Wildman–Crippen MR) is 47.9 cm³/mol. The van der Waals surface area contributed by atoms with Crippen molar-refractivity contribution >= 4 is 27.3 Å². The zero-order valence-corrected chi connectivity index (χ0v) is 8.99. The number of carbonyl (C=O) groups excluding carboxylic acids is 1. The molecule has 2 amide bonds. The molecule has 1 N–H and O–H groups in total. The number of nitrogens with zero attached hydrogens (tertiary/aromatic N) is 1. The number of carbonyl (C=O) groups is 1. The van der Waals surface area contributed by atoms with Crippen LogP contribution in [0.25, 0.3) is 0 Å². The highest BCUT2D eigenvalue weighted by atomic mass is 35.5. The smallest absolute Gasteiger partial charge is 0.308 e. The van der Waals surface area contributed by atoms with Crippen LogP contribution in [-0.2, 0) is 0 Å². The fourth-order valence-electron chi connectivity index (χ4n) is 0.314. The van der Waals surface area contributed by atoms with E-state index in [0.717, 1.165) is 0 Å². The minimum atomic E-state index is -0.342. The Bertz CT molecular complexity index is 144. The van der Waals surface area contributed by atoms with Crippen LogP contribution in [0, 0.1) is 0 Å². The standard InChI is InChI=1S/C6H13ClN2OSi/c1-6(2,7)11-8-5(10)9(3)4/h1-4H3,(H,8,10). The Hall–Kier alpha value is -0.223. The van der Waals surface area contributed by atoms with Gasteiger partial charge >= 0.3 is 6.03 Å². The summed E-state index contributed by atoms with van der Waals surface area (Å²) in [6.07, 6.45) is 0. The first-order valence-corrected chi connectivity index (χ1v) is 4.64. The van der Waals surface area contributed by atoms with Crippen LogP contribution in [-0.4, -0.2) is 39.2 Å². The zero-order valence-electron chi connectivity index (χ0n) is 7.23. The first-order chi connectivity index (χ1) is 4.83. The highest BCUT2D eigenvalue weighted by molar-refractivity contribution is 6.56. The normalized spacial score (nSPS) is 11.0. The second-order valence-corrected chi connectivity index (χ2v) is 5.93. The van der Waals surface area contributed by atoms with Gasteiger partial charge in [-0.15, -0.1) is 11.6 Å². The highest BCUT2D eigenvalue weighted by Crippen LogP contribution is 2.07. The number of alkyl halides is 1. The van der Waals surface area contributed by atoms with E-state index in [1.165, 1.54) is 4.90 Å².